The Bertz CT molecular complexity index is 3170. The van der Waals surface area contributed by atoms with Crippen molar-refractivity contribution in [3.63, 3.8) is 0 Å². The second-order valence-electron chi connectivity index (χ2n) is 31.8. The fourth-order valence-electron chi connectivity index (χ4n) is 9.18. The molecule has 8 rings (SSSR count). The Labute approximate surface area is 587 Å². The second-order valence-corrected chi connectivity index (χ2v) is 49.8. The number of halogens is 7. The molecule has 0 fully saturated rings. The van der Waals surface area contributed by atoms with Gasteiger partial charge in [0.1, 0.15) is 0 Å². The van der Waals surface area contributed by atoms with Crippen molar-refractivity contribution in [3.05, 3.63) is 267 Å². The summed E-state index contributed by atoms with van der Waals surface area (Å²) in [5, 5.41) is 0. The summed E-state index contributed by atoms with van der Waals surface area (Å²) in [7, 11) is -3.53. The van der Waals surface area contributed by atoms with E-state index in [-0.39, 0.29) is 43.3 Å². The van der Waals surface area contributed by atoms with E-state index in [1.165, 1.54) is 44.5 Å². The maximum atomic E-state index is 14.9. The van der Waals surface area contributed by atoms with E-state index < -0.39 is 91.5 Å². The van der Waals surface area contributed by atoms with Gasteiger partial charge in [-0.25, -0.2) is 0 Å². The van der Waals surface area contributed by atoms with E-state index >= 15 is 0 Å². The SMILES string of the molecule is CC(C)(C)c1ccc(I(F)c2ccc(C(C)(C)C)cc2)cc1.CC(C)(C)c1ccc(I(F)c2ccc(C(C)(C)C)cc2)cc1.CC(C)(C)c1ccc(I(F)c2ccc(C(C)(C)C)cc2)cc1.CC(C)(C)c1ccc(I(OS(C)(=O)=O)c2ccc(C(C)(C)C)cc2)cc1. The summed E-state index contributed by atoms with van der Waals surface area (Å²) in [5.41, 5.74) is 10.8. The zero-order chi connectivity index (χ0) is 69.4. The number of hydrogen-bond donors (Lipinski definition) is 0. The monoisotopic (exact) mass is 1720 g/mol. The molecule has 0 N–H and O–H groups in total. The van der Waals surface area contributed by atoms with Gasteiger partial charge in [0.2, 0.25) is 0 Å². The molecule has 11 heteroatoms. The van der Waals surface area contributed by atoms with Crippen LogP contribution in [0.2, 0.25) is 0 Å². The Morgan fingerprint density at radius 3 is 0.435 bits per heavy atom. The standard InChI is InChI=1S/C21H29IO3S.3C20H26FI/c1-20(2,3)16-8-12-18(13-9-16)22(25-26(7,23)24)19-14-10-17(11-15-19)21(4,5)6;3*1-19(2,3)15-7-11-17(12-8-15)22(21)18-13-9-16(10-14-18)20(4,5)6/h8-15H,1-7H3;3*7-14H,1-6H3. The van der Waals surface area contributed by atoms with E-state index in [0.717, 1.165) is 34.8 Å². The summed E-state index contributed by atoms with van der Waals surface area (Å²) in [6.45, 7) is 52.2. The minimum atomic E-state index is -3.53. The predicted octanol–water partition coefficient (Wildman–Crippen LogP) is 25.9. The summed E-state index contributed by atoms with van der Waals surface area (Å²) >= 11 is -10.8. The van der Waals surface area contributed by atoms with Crippen LogP contribution in [0, 0.1) is 28.6 Å². The third-order valence-electron chi connectivity index (χ3n) is 15.4. The van der Waals surface area contributed by atoms with Gasteiger partial charge in [-0.3, -0.25) is 0 Å². The van der Waals surface area contributed by atoms with Crippen molar-refractivity contribution >= 4 is 91.5 Å². The van der Waals surface area contributed by atoms with Gasteiger partial charge in [0, 0.05) is 0 Å². The fourth-order valence-corrected chi connectivity index (χ4v) is 23.6. The predicted molar refractivity (Wildman–Crippen MR) is 426 cm³/mol. The van der Waals surface area contributed by atoms with Crippen molar-refractivity contribution in [2.45, 2.75) is 209 Å². The molecule has 0 aromatic heterocycles. The average molecular weight is 1730 g/mol. The summed E-state index contributed by atoms with van der Waals surface area (Å²) in [6, 6.07) is 65.0. The number of benzene rings is 8. The van der Waals surface area contributed by atoms with E-state index in [0.29, 0.717) is 0 Å². The molecule has 0 spiro atoms. The molecule has 0 aliphatic carbocycles. The maximum absolute atomic E-state index is 14.9. The van der Waals surface area contributed by atoms with Crippen LogP contribution in [-0.4, -0.2) is 14.7 Å². The molecule has 8 aromatic rings. The topological polar surface area (TPSA) is 43.4 Å². The molecule has 8 aromatic carbocycles. The van der Waals surface area contributed by atoms with Crippen molar-refractivity contribution in [1.82, 2.24) is 0 Å². The number of rotatable bonds is 10. The van der Waals surface area contributed by atoms with Crippen LogP contribution in [0.5, 0.6) is 0 Å². The van der Waals surface area contributed by atoms with Gasteiger partial charge >= 0.3 is 594 Å². The molecule has 0 atom stereocenters. The molecule has 0 aliphatic heterocycles. The normalized spacial score (nSPS) is 13.3. The minimum absolute atomic E-state index is 0.0591. The van der Waals surface area contributed by atoms with E-state index in [4.69, 9.17) is 2.51 Å². The van der Waals surface area contributed by atoms with Gasteiger partial charge in [-0.05, 0) is 0 Å². The summed E-state index contributed by atoms with van der Waals surface area (Å²) in [5.74, 6) is 0. The van der Waals surface area contributed by atoms with Crippen molar-refractivity contribution in [2.24, 2.45) is 0 Å². The van der Waals surface area contributed by atoms with Crippen LogP contribution in [0.4, 0.5) is 8.58 Å². The fraction of sp³-hybridized carbons (Fsp3) is 0.407. The van der Waals surface area contributed by atoms with Gasteiger partial charge in [-0.2, -0.15) is 0 Å². The zero-order valence-corrected chi connectivity index (χ0v) is 69.2. The Hall–Kier alpha value is -3.62. The first-order chi connectivity index (χ1) is 42.0. The van der Waals surface area contributed by atoms with Gasteiger partial charge in [0.15, 0.2) is 0 Å². The van der Waals surface area contributed by atoms with Crippen LogP contribution in [-0.2, 0) is 56.0 Å². The molecule has 0 bridgehead atoms. The molecule has 0 radical (unpaired) electrons. The van der Waals surface area contributed by atoms with Gasteiger partial charge < -0.3 is 0 Å². The van der Waals surface area contributed by atoms with Crippen LogP contribution in [0.1, 0.15) is 211 Å². The first kappa shape index (κ1) is 79.1. The third kappa shape index (κ3) is 24.2. The van der Waals surface area contributed by atoms with Gasteiger partial charge in [-0.15, -0.1) is 0 Å². The van der Waals surface area contributed by atoms with Crippen molar-refractivity contribution in [3.8, 4) is 0 Å². The molecular formula is C81H107F3I4O3S. The summed E-state index contributed by atoms with van der Waals surface area (Å²) in [4.78, 5) is 0. The van der Waals surface area contributed by atoms with Crippen LogP contribution in [0.25, 0.3) is 0 Å². The summed E-state index contributed by atoms with van der Waals surface area (Å²) < 4.78 is 81.2. The van der Waals surface area contributed by atoms with Gasteiger partial charge in [-0.1, -0.05) is 0 Å². The molecule has 0 amide bonds. The van der Waals surface area contributed by atoms with E-state index in [9.17, 15) is 17.0 Å². The van der Waals surface area contributed by atoms with E-state index in [1.807, 2.05) is 97.1 Å². The molecule has 504 valence electrons. The molecule has 0 saturated heterocycles. The molecular weight excluding hydrogens is 1620 g/mol. The summed E-state index contributed by atoms with van der Waals surface area (Å²) in [6.07, 6.45) is 1.13. The molecule has 0 unspecified atom stereocenters. The van der Waals surface area contributed by atoms with Crippen LogP contribution >= 0.6 is 81.4 Å². The third-order valence-corrected chi connectivity index (χ3v) is 33.4. The molecule has 0 saturated carbocycles. The van der Waals surface area contributed by atoms with Crippen LogP contribution in [0.15, 0.2) is 194 Å². The number of hydrogen-bond acceptors (Lipinski definition) is 3. The second kappa shape index (κ2) is 31.7. The van der Waals surface area contributed by atoms with Crippen LogP contribution in [0.3, 0.4) is 0 Å². The van der Waals surface area contributed by atoms with Crippen molar-refractivity contribution in [1.29, 1.82) is 0 Å². The first-order valence-corrected chi connectivity index (χ1v) is 45.3. The van der Waals surface area contributed by atoms with Crippen molar-refractivity contribution in [2.75, 3.05) is 6.26 Å². The molecule has 0 heterocycles. The van der Waals surface area contributed by atoms with E-state index in [1.54, 1.807) is 0 Å². The van der Waals surface area contributed by atoms with Crippen LogP contribution < -0.4 is 0 Å². The first-order valence-electron chi connectivity index (χ1n) is 31.6. The molecule has 92 heavy (non-hydrogen) atoms. The van der Waals surface area contributed by atoms with Gasteiger partial charge in [0.25, 0.3) is 0 Å². The Kier molecular flexibility index (Phi) is 27.3. The molecule has 3 nitrogen and oxygen atoms in total. The average Bonchev–Trinajstić information content (AvgIpc) is 0.841. The Morgan fingerprint density at radius 2 is 0.337 bits per heavy atom. The van der Waals surface area contributed by atoms with Crippen molar-refractivity contribution < 1.29 is 19.5 Å². The van der Waals surface area contributed by atoms with Gasteiger partial charge in [0.05, 0.1) is 0 Å². The molecule has 0 aliphatic rings. The Balaban J connectivity index is 0.000000223. The zero-order valence-electron chi connectivity index (χ0n) is 59.8. The van der Waals surface area contributed by atoms with E-state index in [2.05, 4.69) is 263 Å². The quantitative estimate of drug-likeness (QED) is 0.128. The Morgan fingerprint density at radius 1 is 0.228 bits per heavy atom.